The van der Waals surface area contributed by atoms with Crippen LogP contribution in [0, 0.1) is 124 Å². The number of aliphatic hydroxyl groups is 1. The van der Waals surface area contributed by atoms with Crippen LogP contribution in [-0.2, 0) is 47.0 Å². The molecule has 1 radical (unpaired) electrons. The van der Waals surface area contributed by atoms with Crippen molar-refractivity contribution in [2.45, 2.75) is 31.6 Å². The number of nitrogens with one attached hydrogen (secondary N) is 1. The van der Waals surface area contributed by atoms with E-state index < -0.39 is 18.1 Å². The molecule has 171 valence electrons. The average Bonchev–Trinajstić information content (AvgIpc) is 3.14. The molecule has 1 amide bonds. The van der Waals surface area contributed by atoms with Gasteiger partial charge in [-0.25, -0.2) is 0 Å². The Balaban J connectivity index is 0.0000122. The van der Waals surface area contributed by atoms with Gasteiger partial charge >= 0.3 is 0 Å². The zero-order valence-corrected chi connectivity index (χ0v) is 22.8. The Hall–Kier alpha value is -3.95. The predicted molar refractivity (Wildman–Crippen MR) is 132 cm³/mol. The summed E-state index contributed by atoms with van der Waals surface area (Å²) >= 11 is 0. The van der Waals surface area contributed by atoms with E-state index in [1.165, 1.54) is 7.11 Å². The summed E-state index contributed by atoms with van der Waals surface area (Å²) in [7, 11) is 3.04. The smallest absolute Gasteiger partial charge is 0.297 e. The zero-order valence-electron chi connectivity index (χ0n) is 20.0. The van der Waals surface area contributed by atoms with Gasteiger partial charge in [0.2, 0.25) is 0 Å². The van der Waals surface area contributed by atoms with Crippen molar-refractivity contribution in [3.8, 4) is 118 Å². The first-order valence-corrected chi connectivity index (χ1v) is 10.1. The number of rotatable bonds is 4. The first-order valence-electron chi connectivity index (χ1n) is 10.1. The van der Waals surface area contributed by atoms with Crippen molar-refractivity contribution >= 4 is 5.91 Å². The molecule has 0 aromatic carbocycles. The topological polar surface area (TPSA) is 67.8 Å². The van der Waals surface area contributed by atoms with E-state index in [4.69, 9.17) is 9.47 Å². The van der Waals surface area contributed by atoms with Crippen molar-refractivity contribution in [3.63, 3.8) is 0 Å². The van der Waals surface area contributed by atoms with Crippen LogP contribution in [0.4, 0.5) is 0 Å². The van der Waals surface area contributed by atoms with E-state index in [1.807, 2.05) is 0 Å². The van der Waals surface area contributed by atoms with Crippen molar-refractivity contribution < 1.29 is 52.1 Å². The van der Waals surface area contributed by atoms with Crippen LogP contribution in [-0.4, -0.2) is 50.1 Å². The summed E-state index contributed by atoms with van der Waals surface area (Å²) in [6.45, 7) is 2.06. The van der Waals surface area contributed by atoms with Crippen molar-refractivity contribution in [2.75, 3.05) is 20.8 Å². The molecule has 0 heterocycles. The van der Waals surface area contributed by atoms with Gasteiger partial charge in [-0.3, -0.25) is 4.79 Å². The van der Waals surface area contributed by atoms with E-state index in [1.54, 1.807) is 14.0 Å². The third-order valence-electron chi connectivity index (χ3n) is 4.11. The number of hydrogen-bond acceptors (Lipinski definition) is 4. The number of carbonyl (C=O) groups is 1. The van der Waals surface area contributed by atoms with Gasteiger partial charge in [0, 0.05) is 70.6 Å². The molecule has 0 aliphatic heterocycles. The summed E-state index contributed by atoms with van der Waals surface area (Å²) < 4.78 is 10.4. The van der Waals surface area contributed by atoms with Gasteiger partial charge in [0.05, 0.1) is 18.8 Å². The second kappa shape index (κ2) is 21.6. The molecule has 0 bridgehead atoms. The SMILES string of the molecule is CC#CC#CC#CC#CC#CC#CC#CC#CC#CC#CC(=O)N[C@@H]1C[C@H](COC)C(O)[C@@H]1OC.[Y]. The minimum atomic E-state index is -0.725. The van der Waals surface area contributed by atoms with Gasteiger partial charge in [0.1, 0.15) is 6.10 Å². The molecule has 0 saturated heterocycles. The van der Waals surface area contributed by atoms with Crippen LogP contribution >= 0.6 is 0 Å². The number of ether oxygens (including phenoxy) is 2. The fourth-order valence-corrected chi connectivity index (χ4v) is 2.79. The Morgan fingerprint density at radius 2 is 1.19 bits per heavy atom. The van der Waals surface area contributed by atoms with E-state index in [2.05, 4.69) is 124 Å². The maximum atomic E-state index is 12.0. The fourth-order valence-electron chi connectivity index (χ4n) is 2.79. The molecule has 0 aromatic heterocycles. The molecule has 0 spiro atoms. The summed E-state index contributed by atoms with van der Waals surface area (Å²) in [5.41, 5.74) is 0. The Morgan fingerprint density at radius 3 is 1.58 bits per heavy atom. The van der Waals surface area contributed by atoms with E-state index in [0.717, 1.165) is 0 Å². The summed E-state index contributed by atoms with van der Waals surface area (Å²) in [4.78, 5) is 12.0. The molecular formula is C30H19NO4Y. The number of amides is 1. The molecule has 1 rings (SSSR count). The fraction of sp³-hybridized carbons (Fsp3) is 0.300. The standard InChI is InChI=1S/C30H19NO4.Y/c1-4-5-6-7-8-9-10-11-12-13-14-15-16-17-18-19-20-21-22-23-28(32)31-27-24-26(25-34-2)29(33)30(27)35-3;/h26-27,29-30,33H,24-25H2,1-3H3,(H,31,32);/t26-,27-,29?,30-;/m1./s1. The summed E-state index contributed by atoms with van der Waals surface area (Å²) in [6, 6.07) is -0.364. The number of carbonyl (C=O) groups excluding carboxylic acids is 1. The largest absolute Gasteiger partial charge is 0.390 e. The van der Waals surface area contributed by atoms with Crippen LogP contribution < -0.4 is 5.32 Å². The molecule has 4 atom stereocenters. The van der Waals surface area contributed by atoms with Gasteiger partial charge < -0.3 is 19.9 Å². The zero-order chi connectivity index (χ0) is 25.6. The van der Waals surface area contributed by atoms with Gasteiger partial charge in [-0.2, -0.15) is 0 Å². The van der Waals surface area contributed by atoms with Crippen molar-refractivity contribution in [1.82, 2.24) is 5.32 Å². The summed E-state index contributed by atoms with van der Waals surface area (Å²) in [5.74, 6) is 49.2. The van der Waals surface area contributed by atoms with Gasteiger partial charge in [-0.05, 0) is 108 Å². The van der Waals surface area contributed by atoms with Crippen LogP contribution in [0.1, 0.15) is 13.3 Å². The van der Waals surface area contributed by atoms with Gasteiger partial charge in [0.25, 0.3) is 5.91 Å². The molecule has 2 N–H and O–H groups in total. The molecule has 1 saturated carbocycles. The second-order valence-electron chi connectivity index (χ2n) is 6.35. The van der Waals surface area contributed by atoms with Crippen LogP contribution in [0.3, 0.4) is 0 Å². The molecule has 1 aliphatic rings. The molecule has 1 fully saturated rings. The number of aliphatic hydroxyl groups excluding tert-OH is 1. The van der Waals surface area contributed by atoms with Gasteiger partial charge in [-0.1, -0.05) is 5.92 Å². The first kappa shape index (κ1) is 32.1. The summed E-state index contributed by atoms with van der Waals surface area (Å²) in [6.07, 6.45) is -0.723. The van der Waals surface area contributed by atoms with E-state index >= 15 is 0 Å². The minimum Gasteiger partial charge on any atom is -0.390 e. The maximum Gasteiger partial charge on any atom is 0.297 e. The molecule has 36 heavy (non-hydrogen) atoms. The summed E-state index contributed by atoms with van der Waals surface area (Å²) in [5, 5.41) is 13.0. The first-order chi connectivity index (χ1) is 17.1. The van der Waals surface area contributed by atoms with Crippen molar-refractivity contribution in [2.24, 2.45) is 5.92 Å². The predicted octanol–water partition coefficient (Wildman–Crippen LogP) is -0.435. The van der Waals surface area contributed by atoms with Crippen LogP contribution in [0.15, 0.2) is 0 Å². The minimum absolute atomic E-state index is 0. The van der Waals surface area contributed by atoms with E-state index in [0.29, 0.717) is 13.0 Å². The van der Waals surface area contributed by atoms with Crippen LogP contribution in [0.25, 0.3) is 0 Å². The number of hydrogen-bond donors (Lipinski definition) is 2. The van der Waals surface area contributed by atoms with Crippen molar-refractivity contribution in [3.05, 3.63) is 0 Å². The Kier molecular flexibility index (Phi) is 19.2. The normalized spacial score (nSPS) is 17.0. The molecule has 5 nitrogen and oxygen atoms in total. The van der Waals surface area contributed by atoms with Crippen molar-refractivity contribution in [1.29, 1.82) is 0 Å². The van der Waals surface area contributed by atoms with E-state index in [9.17, 15) is 9.90 Å². The van der Waals surface area contributed by atoms with Gasteiger partial charge in [0.15, 0.2) is 0 Å². The van der Waals surface area contributed by atoms with E-state index in [-0.39, 0.29) is 44.7 Å². The Morgan fingerprint density at radius 1 is 0.778 bits per heavy atom. The molecule has 1 unspecified atom stereocenters. The van der Waals surface area contributed by atoms with Gasteiger partial charge in [-0.15, -0.1) is 0 Å². The second-order valence-corrected chi connectivity index (χ2v) is 6.35. The molecular weight excluding hydrogens is 527 g/mol. The molecule has 6 heteroatoms. The Bertz CT molecular complexity index is 1430. The quantitative estimate of drug-likeness (QED) is 0.470. The molecule has 0 aromatic rings. The average molecular weight is 546 g/mol. The van der Waals surface area contributed by atoms with Crippen LogP contribution in [0.5, 0.6) is 0 Å². The monoisotopic (exact) mass is 546 g/mol. The Labute approximate surface area is 238 Å². The number of methoxy groups -OCH3 is 2. The van der Waals surface area contributed by atoms with Crippen LogP contribution in [0.2, 0.25) is 0 Å². The third kappa shape index (κ3) is 14.3. The molecule has 1 aliphatic carbocycles. The maximum absolute atomic E-state index is 12.0. The third-order valence-corrected chi connectivity index (χ3v) is 4.11.